The molecule has 3 unspecified atom stereocenters. The quantitative estimate of drug-likeness (QED) is 0.498. The number of benzene rings is 2. The molecule has 0 radical (unpaired) electrons. The van der Waals surface area contributed by atoms with E-state index in [2.05, 4.69) is 0 Å². The Labute approximate surface area is 166 Å². The van der Waals surface area contributed by atoms with Gasteiger partial charge in [0.15, 0.2) is 16.9 Å². The molecular formula is C22H22O7. The summed E-state index contributed by atoms with van der Waals surface area (Å²) in [5, 5.41) is 40.1. The Morgan fingerprint density at radius 2 is 1.72 bits per heavy atom. The molecule has 1 aliphatic rings. The van der Waals surface area contributed by atoms with Crippen LogP contribution in [-0.4, -0.2) is 45.3 Å². The smallest absolute Gasteiger partial charge is 0.197 e. The summed E-state index contributed by atoms with van der Waals surface area (Å²) in [6.07, 6.45) is -0.697. The standard InChI is InChI=1S/C22H22O7/c23-11-16-9-14(24)8-15(28-16)6-13-7-19-20(22(27)21(13)26)17(25)10-18(29-19)12-4-2-1-3-5-12/h1-5,7,10,14-16,23-24,26-27H,6,8-9,11H2. The van der Waals surface area contributed by atoms with Crippen molar-refractivity contribution in [1.29, 1.82) is 0 Å². The molecule has 3 atom stereocenters. The average Bonchev–Trinajstić information content (AvgIpc) is 2.71. The van der Waals surface area contributed by atoms with E-state index in [1.54, 1.807) is 12.1 Å². The molecule has 4 rings (SSSR count). The van der Waals surface area contributed by atoms with Gasteiger partial charge in [0.25, 0.3) is 0 Å². The molecule has 0 aliphatic carbocycles. The molecule has 7 heteroatoms. The monoisotopic (exact) mass is 398 g/mol. The molecule has 4 N–H and O–H groups in total. The van der Waals surface area contributed by atoms with Gasteiger partial charge in [-0.25, -0.2) is 0 Å². The van der Waals surface area contributed by atoms with Gasteiger partial charge >= 0.3 is 0 Å². The van der Waals surface area contributed by atoms with E-state index < -0.39 is 35.2 Å². The number of hydrogen-bond acceptors (Lipinski definition) is 7. The Hall–Kier alpha value is -2.87. The highest BCUT2D eigenvalue weighted by Crippen LogP contribution is 2.38. The minimum atomic E-state index is -0.621. The molecule has 3 aromatic rings. The van der Waals surface area contributed by atoms with Crippen LogP contribution in [0.5, 0.6) is 11.5 Å². The summed E-state index contributed by atoms with van der Waals surface area (Å²) in [4.78, 5) is 12.6. The fourth-order valence-electron chi connectivity index (χ4n) is 3.82. The topological polar surface area (TPSA) is 120 Å². The van der Waals surface area contributed by atoms with Gasteiger partial charge in [-0.3, -0.25) is 4.79 Å². The number of aliphatic hydroxyl groups excluding tert-OH is 2. The summed E-state index contributed by atoms with van der Waals surface area (Å²) in [7, 11) is 0. The number of hydrogen-bond donors (Lipinski definition) is 4. The summed E-state index contributed by atoms with van der Waals surface area (Å²) in [5.41, 5.74) is 0.732. The van der Waals surface area contributed by atoms with Crippen LogP contribution < -0.4 is 5.43 Å². The van der Waals surface area contributed by atoms with Gasteiger partial charge in [-0.15, -0.1) is 0 Å². The van der Waals surface area contributed by atoms with Gasteiger partial charge in [0, 0.05) is 30.0 Å². The highest BCUT2D eigenvalue weighted by Gasteiger charge is 2.29. The second-order valence-corrected chi connectivity index (χ2v) is 7.34. The van der Waals surface area contributed by atoms with Crippen LogP contribution in [0.4, 0.5) is 0 Å². The van der Waals surface area contributed by atoms with Gasteiger partial charge in [0.05, 0.1) is 24.9 Å². The third-order valence-electron chi connectivity index (χ3n) is 5.21. The SMILES string of the molecule is O=c1cc(-c2ccccc2)oc2cc(CC3CC(O)CC(CO)O3)c(O)c(O)c12. The maximum Gasteiger partial charge on any atom is 0.197 e. The zero-order chi connectivity index (χ0) is 20.5. The first-order chi connectivity index (χ1) is 14.0. The Kier molecular flexibility index (Phi) is 5.27. The zero-order valence-electron chi connectivity index (χ0n) is 15.6. The normalized spacial score (nSPS) is 22.1. The Bertz CT molecular complexity index is 1070. The minimum Gasteiger partial charge on any atom is -0.504 e. The molecule has 1 fully saturated rings. The highest BCUT2D eigenvalue weighted by atomic mass is 16.5. The van der Waals surface area contributed by atoms with Gasteiger partial charge in [-0.2, -0.15) is 0 Å². The predicted molar refractivity (Wildman–Crippen MR) is 106 cm³/mol. The van der Waals surface area contributed by atoms with Crippen LogP contribution in [0.1, 0.15) is 18.4 Å². The maximum atomic E-state index is 12.6. The lowest BCUT2D eigenvalue weighted by Gasteiger charge is -2.32. The molecule has 2 heterocycles. The van der Waals surface area contributed by atoms with Crippen molar-refractivity contribution < 1.29 is 29.6 Å². The number of aromatic hydroxyl groups is 2. The van der Waals surface area contributed by atoms with Crippen molar-refractivity contribution in [3.63, 3.8) is 0 Å². The Balaban J connectivity index is 1.75. The van der Waals surface area contributed by atoms with E-state index in [0.717, 1.165) is 0 Å². The highest BCUT2D eigenvalue weighted by molar-refractivity contribution is 5.88. The molecule has 152 valence electrons. The van der Waals surface area contributed by atoms with Crippen molar-refractivity contribution in [2.75, 3.05) is 6.61 Å². The number of fused-ring (bicyclic) bond motifs is 1. The summed E-state index contributed by atoms with van der Waals surface area (Å²) < 4.78 is 11.6. The number of phenolic OH excluding ortho intramolecular Hbond substituents is 2. The second kappa shape index (κ2) is 7.87. The van der Waals surface area contributed by atoms with Crippen LogP contribution in [-0.2, 0) is 11.2 Å². The van der Waals surface area contributed by atoms with E-state index in [1.165, 1.54) is 12.1 Å². The van der Waals surface area contributed by atoms with Crippen molar-refractivity contribution in [3.8, 4) is 22.8 Å². The summed E-state index contributed by atoms with van der Waals surface area (Å²) >= 11 is 0. The third kappa shape index (κ3) is 3.85. The Morgan fingerprint density at radius 1 is 1.00 bits per heavy atom. The van der Waals surface area contributed by atoms with E-state index in [9.17, 15) is 25.2 Å². The molecule has 1 aliphatic heterocycles. The molecule has 1 aromatic heterocycles. The van der Waals surface area contributed by atoms with Crippen LogP contribution in [0, 0.1) is 0 Å². The number of rotatable bonds is 4. The minimum absolute atomic E-state index is 0.0937. The first kappa shape index (κ1) is 19.4. The lowest BCUT2D eigenvalue weighted by molar-refractivity contribution is -0.111. The molecule has 0 spiro atoms. The van der Waals surface area contributed by atoms with E-state index in [4.69, 9.17) is 9.15 Å². The molecule has 0 bridgehead atoms. The van der Waals surface area contributed by atoms with E-state index in [-0.39, 0.29) is 24.0 Å². The fraction of sp³-hybridized carbons (Fsp3) is 0.318. The van der Waals surface area contributed by atoms with E-state index >= 15 is 0 Å². The van der Waals surface area contributed by atoms with Gasteiger partial charge in [-0.1, -0.05) is 30.3 Å². The summed E-state index contributed by atoms with van der Waals surface area (Å²) in [6, 6.07) is 11.9. The lowest BCUT2D eigenvalue weighted by atomic mass is 9.95. The van der Waals surface area contributed by atoms with Gasteiger partial charge in [0.1, 0.15) is 16.7 Å². The first-order valence-electron chi connectivity index (χ1n) is 9.47. The number of ether oxygens (including phenoxy) is 1. The average molecular weight is 398 g/mol. The van der Waals surface area contributed by atoms with Crippen molar-refractivity contribution >= 4 is 11.0 Å². The van der Waals surface area contributed by atoms with Crippen LogP contribution >= 0.6 is 0 Å². The largest absolute Gasteiger partial charge is 0.504 e. The van der Waals surface area contributed by atoms with Crippen molar-refractivity contribution in [1.82, 2.24) is 0 Å². The molecule has 0 amide bonds. The molecular weight excluding hydrogens is 376 g/mol. The van der Waals surface area contributed by atoms with Crippen molar-refractivity contribution in [2.45, 2.75) is 37.6 Å². The van der Waals surface area contributed by atoms with Gasteiger partial charge in [0.2, 0.25) is 0 Å². The van der Waals surface area contributed by atoms with Gasteiger partial charge < -0.3 is 29.6 Å². The van der Waals surface area contributed by atoms with Crippen LogP contribution in [0.2, 0.25) is 0 Å². The molecule has 1 saturated heterocycles. The van der Waals surface area contributed by atoms with Crippen LogP contribution in [0.15, 0.2) is 51.7 Å². The second-order valence-electron chi connectivity index (χ2n) is 7.34. The zero-order valence-corrected chi connectivity index (χ0v) is 15.6. The lowest BCUT2D eigenvalue weighted by Crippen LogP contribution is -2.38. The Morgan fingerprint density at radius 3 is 2.45 bits per heavy atom. The first-order valence-corrected chi connectivity index (χ1v) is 9.47. The number of aliphatic hydroxyl groups is 2. The summed E-state index contributed by atoms with van der Waals surface area (Å²) in [6.45, 7) is -0.210. The molecule has 2 aromatic carbocycles. The maximum absolute atomic E-state index is 12.6. The van der Waals surface area contributed by atoms with Crippen LogP contribution in [0.3, 0.4) is 0 Å². The fourth-order valence-corrected chi connectivity index (χ4v) is 3.82. The molecule has 0 saturated carbocycles. The van der Waals surface area contributed by atoms with E-state index in [0.29, 0.717) is 29.7 Å². The predicted octanol–water partition coefficient (Wildman–Crippen LogP) is 2.31. The van der Waals surface area contributed by atoms with E-state index in [1.807, 2.05) is 18.2 Å². The van der Waals surface area contributed by atoms with Crippen molar-refractivity contribution in [2.24, 2.45) is 0 Å². The molecule has 29 heavy (non-hydrogen) atoms. The summed E-state index contributed by atoms with van der Waals surface area (Å²) in [5.74, 6) is -0.605. The molecule has 7 nitrogen and oxygen atoms in total. The van der Waals surface area contributed by atoms with Crippen LogP contribution in [0.25, 0.3) is 22.3 Å². The number of phenols is 2. The van der Waals surface area contributed by atoms with Crippen molar-refractivity contribution in [3.05, 3.63) is 58.3 Å². The third-order valence-corrected chi connectivity index (χ3v) is 5.21. The van der Waals surface area contributed by atoms with Gasteiger partial charge in [-0.05, 0) is 12.5 Å².